The van der Waals surface area contributed by atoms with Crippen molar-refractivity contribution in [2.24, 2.45) is 5.73 Å². The van der Waals surface area contributed by atoms with Crippen molar-refractivity contribution < 1.29 is 0 Å². The fraction of sp³-hybridized carbons (Fsp3) is 0.556. The van der Waals surface area contributed by atoms with E-state index in [0.717, 1.165) is 35.9 Å². The van der Waals surface area contributed by atoms with Crippen molar-refractivity contribution in [1.29, 1.82) is 0 Å². The second kappa shape index (κ2) is 4.04. The molecule has 0 aromatic carbocycles. The topological polar surface area (TPSA) is 96.6 Å². The molecule has 2 aromatic rings. The molecular weight excluding hydrogens is 238 g/mol. The zero-order valence-corrected chi connectivity index (χ0v) is 10.2. The van der Waals surface area contributed by atoms with Gasteiger partial charge in [0.15, 0.2) is 5.82 Å². The van der Waals surface area contributed by atoms with Crippen LogP contribution in [-0.2, 0) is 0 Å². The van der Waals surface area contributed by atoms with Crippen LogP contribution in [0.4, 0.5) is 5.95 Å². The predicted molar refractivity (Wildman–Crippen MR) is 64.8 cm³/mol. The van der Waals surface area contributed by atoms with Gasteiger partial charge in [-0.15, -0.1) is 10.2 Å². The second-order valence-electron chi connectivity index (χ2n) is 4.17. The Hall–Kier alpha value is -1.54. The fourth-order valence-electron chi connectivity index (χ4n) is 1.91. The number of rotatable bonds is 2. The Labute approximate surface area is 102 Å². The first-order valence-corrected chi connectivity index (χ1v) is 6.23. The van der Waals surface area contributed by atoms with Crippen LogP contribution in [0.3, 0.4) is 0 Å². The quantitative estimate of drug-likeness (QED) is 0.789. The van der Waals surface area contributed by atoms with Crippen LogP contribution in [0.5, 0.6) is 0 Å². The maximum atomic E-state index is 5.86. The van der Waals surface area contributed by atoms with Crippen LogP contribution < -0.4 is 10.6 Å². The highest BCUT2D eigenvalue weighted by Crippen LogP contribution is 2.24. The molecule has 2 aromatic heterocycles. The number of anilines is 1. The first-order chi connectivity index (χ1) is 8.24. The summed E-state index contributed by atoms with van der Waals surface area (Å²) in [4.78, 5) is 7.49. The van der Waals surface area contributed by atoms with Crippen LogP contribution in [0.25, 0.3) is 10.7 Å². The van der Waals surface area contributed by atoms with Crippen LogP contribution >= 0.6 is 11.5 Å². The third kappa shape index (κ3) is 1.89. The number of aromatic amines is 1. The van der Waals surface area contributed by atoms with Crippen LogP contribution in [0.2, 0.25) is 0 Å². The normalized spacial score (nSPS) is 20.1. The Kier molecular flexibility index (Phi) is 2.52. The number of hydrogen-bond acceptors (Lipinski definition) is 7. The van der Waals surface area contributed by atoms with Gasteiger partial charge < -0.3 is 10.6 Å². The first-order valence-electron chi connectivity index (χ1n) is 5.46. The molecule has 1 atom stereocenters. The molecule has 1 aliphatic heterocycles. The number of nitrogens with one attached hydrogen (secondary N) is 1. The van der Waals surface area contributed by atoms with Crippen molar-refractivity contribution in [3.8, 4) is 10.7 Å². The molecule has 7 nitrogen and oxygen atoms in total. The summed E-state index contributed by atoms with van der Waals surface area (Å²) in [6.07, 6.45) is 0.991. The molecule has 0 bridgehead atoms. The molecule has 1 unspecified atom stereocenters. The fourth-order valence-corrected chi connectivity index (χ4v) is 2.51. The highest BCUT2D eigenvalue weighted by atomic mass is 32.1. The second-order valence-corrected chi connectivity index (χ2v) is 4.92. The van der Waals surface area contributed by atoms with Gasteiger partial charge in [0.1, 0.15) is 4.88 Å². The summed E-state index contributed by atoms with van der Waals surface area (Å²) in [6.45, 7) is 3.64. The first kappa shape index (κ1) is 10.6. The van der Waals surface area contributed by atoms with Crippen molar-refractivity contribution in [2.45, 2.75) is 19.4 Å². The Balaban J connectivity index is 1.86. The SMILES string of the molecule is Cc1nnsc1-c1nc(N2CCC(N)C2)n[nH]1. The summed E-state index contributed by atoms with van der Waals surface area (Å²) >= 11 is 1.32. The molecule has 3 N–H and O–H groups in total. The molecule has 1 fully saturated rings. The lowest BCUT2D eigenvalue weighted by molar-refractivity contribution is 0.750. The Morgan fingerprint density at radius 3 is 3.06 bits per heavy atom. The smallest absolute Gasteiger partial charge is 0.245 e. The molecule has 0 radical (unpaired) electrons. The molecule has 17 heavy (non-hydrogen) atoms. The van der Waals surface area contributed by atoms with Gasteiger partial charge in [0.2, 0.25) is 5.95 Å². The van der Waals surface area contributed by atoms with Gasteiger partial charge in [0.25, 0.3) is 0 Å². The third-order valence-corrected chi connectivity index (χ3v) is 3.68. The summed E-state index contributed by atoms with van der Waals surface area (Å²) in [5, 5.41) is 11.1. The van der Waals surface area contributed by atoms with Gasteiger partial charge in [0, 0.05) is 19.1 Å². The van der Waals surface area contributed by atoms with E-state index in [1.807, 2.05) is 6.92 Å². The molecule has 3 rings (SSSR count). The largest absolute Gasteiger partial charge is 0.338 e. The number of nitrogens with zero attached hydrogens (tertiary/aromatic N) is 5. The Morgan fingerprint density at radius 1 is 1.53 bits per heavy atom. The van der Waals surface area contributed by atoms with E-state index in [9.17, 15) is 0 Å². The van der Waals surface area contributed by atoms with Gasteiger partial charge in [0.05, 0.1) is 5.69 Å². The van der Waals surface area contributed by atoms with Gasteiger partial charge in [-0.1, -0.05) is 4.49 Å². The summed E-state index contributed by atoms with van der Waals surface area (Å²) in [5.74, 6) is 1.44. The molecule has 0 spiro atoms. The molecule has 0 amide bonds. The zero-order chi connectivity index (χ0) is 11.8. The van der Waals surface area contributed by atoms with Crippen LogP contribution in [0.1, 0.15) is 12.1 Å². The van der Waals surface area contributed by atoms with Gasteiger partial charge in [-0.3, -0.25) is 5.10 Å². The van der Waals surface area contributed by atoms with E-state index in [1.54, 1.807) is 0 Å². The van der Waals surface area contributed by atoms with E-state index in [2.05, 4.69) is 29.7 Å². The summed E-state index contributed by atoms with van der Waals surface area (Å²) in [6, 6.07) is 0.226. The number of aromatic nitrogens is 5. The average molecular weight is 251 g/mol. The minimum Gasteiger partial charge on any atom is -0.338 e. The lowest BCUT2D eigenvalue weighted by Crippen LogP contribution is -2.26. The van der Waals surface area contributed by atoms with Crippen LogP contribution in [-0.4, -0.2) is 43.9 Å². The minimum atomic E-state index is 0.226. The van der Waals surface area contributed by atoms with Gasteiger partial charge in [-0.05, 0) is 24.9 Å². The van der Waals surface area contributed by atoms with E-state index in [4.69, 9.17) is 5.73 Å². The lowest BCUT2D eigenvalue weighted by atomic mass is 10.3. The molecule has 1 saturated heterocycles. The Morgan fingerprint density at radius 2 is 2.41 bits per heavy atom. The monoisotopic (exact) mass is 251 g/mol. The molecule has 3 heterocycles. The number of H-pyrrole nitrogens is 1. The molecule has 1 aliphatic rings. The summed E-state index contributed by atoms with van der Waals surface area (Å²) in [5.41, 5.74) is 6.73. The number of hydrogen-bond donors (Lipinski definition) is 2. The molecule has 8 heteroatoms. The third-order valence-electron chi connectivity index (χ3n) is 2.85. The summed E-state index contributed by atoms with van der Waals surface area (Å²) in [7, 11) is 0. The van der Waals surface area contributed by atoms with Crippen LogP contribution in [0, 0.1) is 6.92 Å². The zero-order valence-electron chi connectivity index (χ0n) is 9.42. The molecular formula is C9H13N7S. The van der Waals surface area contributed by atoms with Crippen molar-refractivity contribution in [1.82, 2.24) is 24.8 Å². The lowest BCUT2D eigenvalue weighted by Gasteiger charge is -2.11. The minimum absolute atomic E-state index is 0.226. The van der Waals surface area contributed by atoms with E-state index in [1.165, 1.54) is 11.5 Å². The maximum Gasteiger partial charge on any atom is 0.245 e. The van der Waals surface area contributed by atoms with E-state index >= 15 is 0 Å². The van der Waals surface area contributed by atoms with Gasteiger partial charge >= 0.3 is 0 Å². The van der Waals surface area contributed by atoms with Crippen molar-refractivity contribution >= 4 is 17.5 Å². The van der Waals surface area contributed by atoms with E-state index in [-0.39, 0.29) is 6.04 Å². The van der Waals surface area contributed by atoms with E-state index < -0.39 is 0 Å². The van der Waals surface area contributed by atoms with Crippen molar-refractivity contribution in [3.05, 3.63) is 5.69 Å². The Bertz CT molecular complexity index is 519. The van der Waals surface area contributed by atoms with Gasteiger partial charge in [-0.25, -0.2) is 0 Å². The van der Waals surface area contributed by atoms with Crippen LogP contribution in [0.15, 0.2) is 0 Å². The van der Waals surface area contributed by atoms with Gasteiger partial charge in [-0.2, -0.15) is 4.98 Å². The standard InChI is InChI=1S/C9H13N7S/c1-5-7(17-15-12-5)8-11-9(14-13-8)16-3-2-6(10)4-16/h6H,2-4,10H2,1H3,(H,11,13,14). The number of nitrogens with two attached hydrogens (primary N) is 1. The molecule has 0 aliphatic carbocycles. The molecule has 0 saturated carbocycles. The molecule has 90 valence electrons. The number of aryl methyl sites for hydroxylation is 1. The average Bonchev–Trinajstić information content (AvgIpc) is 2.97. The maximum absolute atomic E-state index is 5.86. The van der Waals surface area contributed by atoms with E-state index in [0.29, 0.717) is 5.95 Å². The highest BCUT2D eigenvalue weighted by Gasteiger charge is 2.23. The van der Waals surface area contributed by atoms with Crippen molar-refractivity contribution in [3.63, 3.8) is 0 Å². The predicted octanol–water partition coefficient (Wildman–Crippen LogP) is 0.169. The summed E-state index contributed by atoms with van der Waals surface area (Å²) < 4.78 is 3.89. The van der Waals surface area contributed by atoms with Crippen molar-refractivity contribution in [2.75, 3.05) is 18.0 Å². The highest BCUT2D eigenvalue weighted by molar-refractivity contribution is 7.09.